The van der Waals surface area contributed by atoms with E-state index in [2.05, 4.69) is 41.4 Å². The molecule has 0 saturated heterocycles. The van der Waals surface area contributed by atoms with Crippen LogP contribution in [0.15, 0.2) is 53.3 Å². The number of H-pyrrole nitrogens is 1. The Morgan fingerprint density at radius 2 is 2.07 bits per heavy atom. The number of halogens is 2. The molecule has 0 atom stereocenters. The van der Waals surface area contributed by atoms with Crippen molar-refractivity contribution in [2.45, 2.75) is 19.9 Å². The molecule has 0 saturated carbocycles. The third-order valence-electron chi connectivity index (χ3n) is 4.43. The number of aryl methyl sites for hydroxylation is 1. The minimum atomic E-state index is -0.174. The Labute approximate surface area is 186 Å². The maximum absolute atomic E-state index is 12.5. The van der Waals surface area contributed by atoms with Gasteiger partial charge in [0.2, 0.25) is 5.91 Å². The molecule has 0 unspecified atom stereocenters. The third kappa shape index (κ3) is 4.60. The Bertz CT molecular complexity index is 1210. The van der Waals surface area contributed by atoms with Gasteiger partial charge in [0.1, 0.15) is 11.4 Å². The van der Waals surface area contributed by atoms with Crippen molar-refractivity contribution in [3.63, 3.8) is 0 Å². The Hall–Kier alpha value is -2.97. The molecule has 7 nitrogen and oxygen atoms in total. The van der Waals surface area contributed by atoms with Crippen molar-refractivity contribution in [1.82, 2.24) is 25.5 Å². The SMILES string of the molecule is Cc1ccnc(CNC(=O)Cc2n[nH]c3ncccc23)c1Oc1cc(Cl)cc(Br)c1. The van der Waals surface area contributed by atoms with E-state index in [0.717, 1.165) is 15.4 Å². The van der Waals surface area contributed by atoms with Crippen molar-refractivity contribution in [2.24, 2.45) is 0 Å². The van der Waals surface area contributed by atoms with Gasteiger partial charge in [-0.15, -0.1) is 0 Å². The molecule has 4 aromatic rings. The Morgan fingerprint density at radius 3 is 2.90 bits per heavy atom. The number of nitrogens with zero attached hydrogens (tertiary/aromatic N) is 3. The number of hydrogen-bond donors (Lipinski definition) is 2. The minimum absolute atomic E-state index is 0.134. The molecule has 152 valence electrons. The van der Waals surface area contributed by atoms with E-state index in [1.807, 2.05) is 31.2 Å². The van der Waals surface area contributed by atoms with Crippen molar-refractivity contribution < 1.29 is 9.53 Å². The Morgan fingerprint density at radius 1 is 1.20 bits per heavy atom. The van der Waals surface area contributed by atoms with Crippen LogP contribution in [0.3, 0.4) is 0 Å². The summed E-state index contributed by atoms with van der Waals surface area (Å²) in [7, 11) is 0. The first-order chi connectivity index (χ1) is 14.5. The number of carbonyl (C=O) groups excluding carboxylic acids is 1. The summed E-state index contributed by atoms with van der Waals surface area (Å²) in [6.07, 6.45) is 3.49. The average Bonchev–Trinajstić information content (AvgIpc) is 3.11. The average molecular weight is 487 g/mol. The summed E-state index contributed by atoms with van der Waals surface area (Å²) in [5.41, 5.74) is 2.82. The second-order valence-corrected chi connectivity index (χ2v) is 7.99. The lowest BCUT2D eigenvalue weighted by Gasteiger charge is -2.14. The largest absolute Gasteiger partial charge is 0.455 e. The van der Waals surface area contributed by atoms with Crippen LogP contribution in [0.25, 0.3) is 11.0 Å². The minimum Gasteiger partial charge on any atom is -0.455 e. The standard InChI is InChI=1S/C21H17BrClN5O2/c1-12-4-6-24-18(20(12)30-15-8-13(22)7-14(23)9-15)11-26-19(29)10-17-16-3-2-5-25-21(16)28-27-17/h2-9H,10-11H2,1H3,(H,26,29)(H,25,27,28). The van der Waals surface area contributed by atoms with Crippen LogP contribution in [0.2, 0.25) is 5.02 Å². The molecular formula is C21H17BrClN5O2. The quantitative estimate of drug-likeness (QED) is 0.411. The van der Waals surface area contributed by atoms with E-state index in [1.54, 1.807) is 24.5 Å². The molecule has 30 heavy (non-hydrogen) atoms. The fourth-order valence-electron chi connectivity index (χ4n) is 3.01. The predicted octanol–water partition coefficient (Wildman–Crippen LogP) is 4.73. The van der Waals surface area contributed by atoms with Crippen LogP contribution in [-0.2, 0) is 17.8 Å². The lowest BCUT2D eigenvalue weighted by Crippen LogP contribution is -2.25. The highest BCUT2D eigenvalue weighted by atomic mass is 79.9. The van der Waals surface area contributed by atoms with Gasteiger partial charge in [-0.2, -0.15) is 5.10 Å². The number of aromatic amines is 1. The van der Waals surface area contributed by atoms with Crippen molar-refractivity contribution in [3.05, 3.63) is 75.2 Å². The number of benzene rings is 1. The molecule has 0 bridgehead atoms. The summed E-state index contributed by atoms with van der Waals surface area (Å²) < 4.78 is 6.85. The summed E-state index contributed by atoms with van der Waals surface area (Å²) in [5.74, 6) is 0.988. The Kier molecular flexibility index (Phi) is 5.96. The van der Waals surface area contributed by atoms with E-state index in [4.69, 9.17) is 16.3 Å². The normalized spacial score (nSPS) is 10.9. The van der Waals surface area contributed by atoms with E-state index < -0.39 is 0 Å². The van der Waals surface area contributed by atoms with Gasteiger partial charge in [0.05, 0.1) is 18.7 Å². The van der Waals surface area contributed by atoms with Crippen LogP contribution in [0.4, 0.5) is 0 Å². The molecule has 0 aliphatic carbocycles. The van der Waals surface area contributed by atoms with Crippen LogP contribution in [0.5, 0.6) is 11.5 Å². The first-order valence-electron chi connectivity index (χ1n) is 9.12. The molecule has 0 spiro atoms. The molecule has 3 heterocycles. The third-order valence-corrected chi connectivity index (χ3v) is 5.10. The number of rotatable bonds is 6. The van der Waals surface area contributed by atoms with Gasteiger partial charge in [-0.25, -0.2) is 4.98 Å². The molecule has 9 heteroatoms. The summed E-state index contributed by atoms with van der Waals surface area (Å²) >= 11 is 9.52. The zero-order valence-corrected chi connectivity index (χ0v) is 18.3. The number of pyridine rings is 2. The fourth-order valence-corrected chi connectivity index (χ4v) is 3.84. The lowest BCUT2D eigenvalue weighted by atomic mass is 10.2. The highest BCUT2D eigenvalue weighted by Crippen LogP contribution is 2.31. The smallest absolute Gasteiger partial charge is 0.226 e. The second-order valence-electron chi connectivity index (χ2n) is 6.63. The number of fused-ring (bicyclic) bond motifs is 1. The fraction of sp³-hybridized carbons (Fsp3) is 0.143. The topological polar surface area (TPSA) is 92.8 Å². The van der Waals surface area contributed by atoms with Crippen LogP contribution in [-0.4, -0.2) is 26.1 Å². The molecule has 0 aliphatic rings. The van der Waals surface area contributed by atoms with Gasteiger partial charge in [-0.05, 0) is 48.9 Å². The van der Waals surface area contributed by atoms with Gasteiger partial charge >= 0.3 is 0 Å². The van der Waals surface area contributed by atoms with Crippen LogP contribution < -0.4 is 10.1 Å². The van der Waals surface area contributed by atoms with Crippen LogP contribution in [0, 0.1) is 6.92 Å². The highest BCUT2D eigenvalue weighted by molar-refractivity contribution is 9.10. The molecule has 0 fully saturated rings. The maximum atomic E-state index is 12.5. The summed E-state index contributed by atoms with van der Waals surface area (Å²) in [4.78, 5) is 21.1. The monoisotopic (exact) mass is 485 g/mol. The van der Waals surface area contributed by atoms with Crippen molar-refractivity contribution in [1.29, 1.82) is 0 Å². The molecule has 4 rings (SSSR count). The van der Waals surface area contributed by atoms with E-state index in [1.165, 1.54) is 0 Å². The summed E-state index contributed by atoms with van der Waals surface area (Å²) in [6, 6.07) is 10.9. The number of aromatic nitrogens is 4. The first-order valence-corrected chi connectivity index (χ1v) is 10.3. The molecular weight excluding hydrogens is 470 g/mol. The van der Waals surface area contributed by atoms with Gasteiger partial charge in [0, 0.05) is 27.3 Å². The number of hydrogen-bond acceptors (Lipinski definition) is 5. The molecule has 2 N–H and O–H groups in total. The first kappa shape index (κ1) is 20.3. The van der Waals surface area contributed by atoms with E-state index in [0.29, 0.717) is 33.6 Å². The molecule has 3 aromatic heterocycles. The summed E-state index contributed by atoms with van der Waals surface area (Å²) in [6.45, 7) is 2.14. The van der Waals surface area contributed by atoms with E-state index in [-0.39, 0.29) is 18.9 Å². The molecule has 0 radical (unpaired) electrons. The van der Waals surface area contributed by atoms with Gasteiger partial charge in [-0.1, -0.05) is 27.5 Å². The van der Waals surface area contributed by atoms with Gasteiger partial charge < -0.3 is 10.1 Å². The molecule has 1 aromatic carbocycles. The van der Waals surface area contributed by atoms with Crippen LogP contribution in [0.1, 0.15) is 17.0 Å². The van der Waals surface area contributed by atoms with Crippen molar-refractivity contribution in [2.75, 3.05) is 0 Å². The van der Waals surface area contributed by atoms with Gasteiger partial charge in [-0.3, -0.25) is 14.9 Å². The van der Waals surface area contributed by atoms with Crippen molar-refractivity contribution >= 4 is 44.5 Å². The van der Waals surface area contributed by atoms with Gasteiger partial charge in [0.15, 0.2) is 11.4 Å². The molecule has 0 aliphatic heterocycles. The number of ether oxygens (including phenoxy) is 1. The van der Waals surface area contributed by atoms with E-state index in [9.17, 15) is 4.79 Å². The number of amides is 1. The predicted molar refractivity (Wildman–Crippen MR) is 118 cm³/mol. The van der Waals surface area contributed by atoms with Crippen LogP contribution >= 0.6 is 27.5 Å². The maximum Gasteiger partial charge on any atom is 0.226 e. The van der Waals surface area contributed by atoms with Crippen molar-refractivity contribution in [3.8, 4) is 11.5 Å². The second kappa shape index (κ2) is 8.81. The Balaban J connectivity index is 1.48. The zero-order chi connectivity index (χ0) is 21.1. The number of nitrogens with one attached hydrogen (secondary N) is 2. The lowest BCUT2D eigenvalue weighted by molar-refractivity contribution is -0.120. The zero-order valence-electron chi connectivity index (χ0n) is 15.9. The van der Waals surface area contributed by atoms with Gasteiger partial charge in [0.25, 0.3) is 0 Å². The number of carbonyl (C=O) groups is 1. The highest BCUT2D eigenvalue weighted by Gasteiger charge is 2.14. The molecule has 1 amide bonds. The summed E-state index contributed by atoms with van der Waals surface area (Å²) in [5, 5.41) is 11.3. The van der Waals surface area contributed by atoms with E-state index >= 15 is 0 Å².